The molecule has 2 heterocycles. The maximum absolute atomic E-state index is 13.0. The largest absolute Gasteiger partial charge is 0.507 e. The summed E-state index contributed by atoms with van der Waals surface area (Å²) in [4.78, 5) is 27.4. The van der Waals surface area contributed by atoms with Crippen LogP contribution in [-0.2, 0) is 16.0 Å². The van der Waals surface area contributed by atoms with Crippen molar-refractivity contribution in [2.75, 3.05) is 4.90 Å². The average molecular weight is 466 g/mol. The summed E-state index contributed by atoms with van der Waals surface area (Å²) in [7, 11) is 0. The van der Waals surface area contributed by atoms with Crippen molar-refractivity contribution in [3.63, 3.8) is 0 Å². The minimum atomic E-state index is -0.851. The third-order valence-electron chi connectivity index (χ3n) is 5.31. The Balaban J connectivity index is 1.90. The number of halogens is 1. The molecule has 6 heteroatoms. The zero-order valence-corrected chi connectivity index (χ0v) is 18.1. The van der Waals surface area contributed by atoms with Crippen LogP contribution in [0.2, 0.25) is 0 Å². The summed E-state index contributed by atoms with van der Waals surface area (Å²) in [5.74, 6) is -1.26. The number of ketones is 1. The van der Waals surface area contributed by atoms with Crippen molar-refractivity contribution in [1.82, 2.24) is 0 Å². The van der Waals surface area contributed by atoms with E-state index >= 15 is 0 Å². The van der Waals surface area contributed by atoms with Crippen molar-refractivity contribution in [3.8, 4) is 0 Å². The van der Waals surface area contributed by atoms with E-state index in [-0.39, 0.29) is 11.3 Å². The lowest BCUT2D eigenvalue weighted by molar-refractivity contribution is -0.132. The van der Waals surface area contributed by atoms with Crippen molar-refractivity contribution in [2.24, 2.45) is 0 Å². The molecule has 0 radical (unpaired) electrons. The van der Waals surface area contributed by atoms with Crippen LogP contribution in [0.3, 0.4) is 0 Å². The van der Waals surface area contributed by atoms with Gasteiger partial charge in [0.15, 0.2) is 0 Å². The molecule has 152 valence electrons. The van der Waals surface area contributed by atoms with Gasteiger partial charge in [0.05, 0.1) is 11.8 Å². The smallest absolute Gasteiger partial charge is 0.300 e. The summed E-state index contributed by atoms with van der Waals surface area (Å²) in [5, 5.41) is 11.1. The zero-order chi connectivity index (χ0) is 21.4. The Kier molecular flexibility index (Phi) is 5.35. The predicted octanol–water partition coefficient (Wildman–Crippen LogP) is 5.54. The molecule has 1 aliphatic rings. The van der Waals surface area contributed by atoms with Gasteiger partial charge in [0.2, 0.25) is 0 Å². The van der Waals surface area contributed by atoms with Gasteiger partial charge in [-0.15, -0.1) is 0 Å². The first-order chi connectivity index (χ1) is 14.4. The van der Waals surface area contributed by atoms with E-state index in [1.807, 2.05) is 38.1 Å². The number of hydrogen-bond acceptors (Lipinski definition) is 4. The van der Waals surface area contributed by atoms with Crippen LogP contribution in [0.25, 0.3) is 5.76 Å². The Hall–Kier alpha value is -3.12. The van der Waals surface area contributed by atoms with E-state index in [0.29, 0.717) is 17.0 Å². The predicted molar refractivity (Wildman–Crippen MR) is 118 cm³/mol. The second-order valence-corrected chi connectivity index (χ2v) is 8.02. The molecule has 0 saturated carbocycles. The lowest BCUT2D eigenvalue weighted by Crippen LogP contribution is -2.29. The van der Waals surface area contributed by atoms with E-state index in [4.69, 9.17) is 4.42 Å². The van der Waals surface area contributed by atoms with Crippen molar-refractivity contribution in [1.29, 1.82) is 0 Å². The van der Waals surface area contributed by atoms with Gasteiger partial charge in [-0.25, -0.2) is 0 Å². The van der Waals surface area contributed by atoms with Crippen LogP contribution >= 0.6 is 15.9 Å². The molecule has 1 aromatic heterocycles. The lowest BCUT2D eigenvalue weighted by Gasteiger charge is -2.23. The number of aliphatic hydroxyl groups is 1. The van der Waals surface area contributed by atoms with Crippen LogP contribution in [0.1, 0.15) is 35.4 Å². The number of hydrogen-bond donors (Lipinski definition) is 1. The summed E-state index contributed by atoms with van der Waals surface area (Å²) < 4.78 is 6.46. The first-order valence-corrected chi connectivity index (χ1v) is 10.4. The molecule has 1 N–H and O–H groups in total. The lowest BCUT2D eigenvalue weighted by atomic mass is 9.98. The van der Waals surface area contributed by atoms with Gasteiger partial charge >= 0.3 is 0 Å². The number of nitrogens with zero attached hydrogens (tertiary/aromatic N) is 1. The molecule has 4 rings (SSSR count). The number of aryl methyl sites for hydroxylation is 2. The number of aliphatic hydroxyl groups excluding tert-OH is 1. The number of amides is 1. The highest BCUT2D eigenvalue weighted by molar-refractivity contribution is 9.10. The first-order valence-electron chi connectivity index (χ1n) is 9.62. The maximum Gasteiger partial charge on any atom is 0.300 e. The number of benzene rings is 2. The Labute approximate surface area is 182 Å². The average Bonchev–Trinajstić information content (AvgIpc) is 3.37. The molecule has 1 amide bonds. The van der Waals surface area contributed by atoms with Gasteiger partial charge in [0.1, 0.15) is 17.6 Å². The molecule has 1 aliphatic heterocycles. The number of anilines is 1. The normalized spacial score (nSPS) is 18.2. The fourth-order valence-electron chi connectivity index (χ4n) is 3.65. The van der Waals surface area contributed by atoms with Gasteiger partial charge in [0, 0.05) is 15.7 Å². The van der Waals surface area contributed by atoms with Crippen LogP contribution in [0.5, 0.6) is 0 Å². The van der Waals surface area contributed by atoms with Gasteiger partial charge in [-0.3, -0.25) is 14.5 Å². The Morgan fingerprint density at radius 2 is 1.87 bits per heavy atom. The second-order valence-electron chi connectivity index (χ2n) is 7.17. The van der Waals surface area contributed by atoms with E-state index < -0.39 is 17.7 Å². The van der Waals surface area contributed by atoms with E-state index in [0.717, 1.165) is 22.0 Å². The minimum Gasteiger partial charge on any atom is -0.507 e. The van der Waals surface area contributed by atoms with Crippen LogP contribution in [0, 0.1) is 6.92 Å². The molecule has 1 unspecified atom stereocenters. The van der Waals surface area contributed by atoms with Gasteiger partial charge < -0.3 is 9.52 Å². The van der Waals surface area contributed by atoms with Crippen molar-refractivity contribution in [3.05, 3.63) is 93.4 Å². The van der Waals surface area contributed by atoms with E-state index in [2.05, 4.69) is 15.9 Å². The fourth-order valence-corrected chi connectivity index (χ4v) is 3.90. The Morgan fingerprint density at radius 3 is 2.47 bits per heavy atom. The standard InChI is InChI=1S/C24H20BrNO4/c1-3-15-6-9-17(10-7-15)26-21(19-5-4-12-30-19)20(23(28)24(26)29)22(27)16-8-11-18(25)14(2)13-16/h4-13,21,27H,3H2,1-2H3/b22-20-. The molecule has 2 aromatic carbocycles. The highest BCUT2D eigenvalue weighted by atomic mass is 79.9. The second kappa shape index (κ2) is 7.95. The highest BCUT2D eigenvalue weighted by Gasteiger charge is 2.48. The van der Waals surface area contributed by atoms with Crippen LogP contribution in [0.4, 0.5) is 5.69 Å². The van der Waals surface area contributed by atoms with E-state index in [1.165, 1.54) is 11.2 Å². The number of Topliss-reactive ketones (excluding diaryl/α,β-unsaturated/α-hetero) is 1. The van der Waals surface area contributed by atoms with Crippen LogP contribution in [0.15, 0.2) is 75.3 Å². The quantitative estimate of drug-likeness (QED) is 0.312. The molecule has 0 bridgehead atoms. The molecule has 0 spiro atoms. The SMILES string of the molecule is CCc1ccc(N2C(=O)C(=O)/C(=C(\O)c3ccc(Br)c(C)c3)C2c2ccco2)cc1. The van der Waals surface area contributed by atoms with E-state index in [9.17, 15) is 14.7 Å². The third kappa shape index (κ3) is 3.37. The summed E-state index contributed by atoms with van der Waals surface area (Å²) in [6.45, 7) is 3.93. The van der Waals surface area contributed by atoms with Gasteiger partial charge in [-0.1, -0.05) is 41.1 Å². The topological polar surface area (TPSA) is 70.8 Å². The summed E-state index contributed by atoms with van der Waals surface area (Å²) in [6.07, 6.45) is 2.35. The number of rotatable bonds is 4. The van der Waals surface area contributed by atoms with Crippen molar-refractivity contribution in [2.45, 2.75) is 26.3 Å². The van der Waals surface area contributed by atoms with Crippen molar-refractivity contribution >= 4 is 39.1 Å². The third-order valence-corrected chi connectivity index (χ3v) is 6.20. The molecule has 1 atom stereocenters. The molecule has 3 aromatic rings. The molecule has 1 saturated heterocycles. The summed E-state index contributed by atoms with van der Waals surface area (Å²) in [5.41, 5.74) is 3.07. The highest BCUT2D eigenvalue weighted by Crippen LogP contribution is 2.42. The first kappa shape index (κ1) is 20.2. The molecule has 1 fully saturated rings. The molecular formula is C24H20BrNO4. The van der Waals surface area contributed by atoms with Gasteiger partial charge in [-0.05, 0) is 60.9 Å². The number of carbonyl (C=O) groups excluding carboxylic acids is 2. The van der Waals surface area contributed by atoms with E-state index in [1.54, 1.807) is 30.3 Å². The monoisotopic (exact) mass is 465 g/mol. The van der Waals surface area contributed by atoms with Gasteiger partial charge in [-0.2, -0.15) is 0 Å². The number of furan rings is 1. The molecule has 0 aliphatic carbocycles. The molecular weight excluding hydrogens is 446 g/mol. The number of carbonyl (C=O) groups is 2. The van der Waals surface area contributed by atoms with Crippen LogP contribution in [-0.4, -0.2) is 16.8 Å². The van der Waals surface area contributed by atoms with Gasteiger partial charge in [0.25, 0.3) is 11.7 Å². The van der Waals surface area contributed by atoms with Crippen molar-refractivity contribution < 1.29 is 19.1 Å². The minimum absolute atomic E-state index is 0.0104. The Morgan fingerprint density at radius 1 is 1.13 bits per heavy atom. The Bertz CT molecular complexity index is 1150. The fraction of sp³-hybridized carbons (Fsp3) is 0.167. The molecule has 5 nitrogen and oxygen atoms in total. The van der Waals surface area contributed by atoms with Crippen LogP contribution < -0.4 is 4.90 Å². The summed E-state index contributed by atoms with van der Waals surface area (Å²) >= 11 is 3.44. The zero-order valence-electron chi connectivity index (χ0n) is 16.6. The maximum atomic E-state index is 13.0. The summed E-state index contributed by atoms with van der Waals surface area (Å²) in [6, 6.07) is 15.3. The molecule has 30 heavy (non-hydrogen) atoms.